The van der Waals surface area contributed by atoms with E-state index in [0.717, 1.165) is 51.4 Å². The van der Waals surface area contributed by atoms with E-state index in [4.69, 9.17) is 18.9 Å². The minimum absolute atomic E-state index is 0.247. The lowest BCUT2D eigenvalue weighted by Crippen LogP contribution is -2.65. The van der Waals surface area contributed by atoms with Crippen LogP contribution in [0, 0.1) is 0 Å². The minimum Gasteiger partial charge on any atom is -0.394 e. The molecule has 2 fully saturated rings. The first-order chi connectivity index (χ1) is 32.1. The highest BCUT2D eigenvalue weighted by atomic mass is 16.7. The number of hydrogen-bond donors (Lipinski definition) is 9. The molecule has 0 saturated carbocycles. The van der Waals surface area contributed by atoms with E-state index < -0.39 is 86.8 Å². The average Bonchev–Trinajstić information content (AvgIpc) is 3.31. The molecule has 2 heterocycles. The maximum absolute atomic E-state index is 13.0. The molecule has 0 aromatic heterocycles. The summed E-state index contributed by atoms with van der Waals surface area (Å²) >= 11 is 0. The molecule has 9 N–H and O–H groups in total. The van der Waals surface area contributed by atoms with Crippen molar-refractivity contribution in [3.8, 4) is 0 Å². The highest BCUT2D eigenvalue weighted by Gasteiger charge is 2.51. The lowest BCUT2D eigenvalue weighted by atomic mass is 9.97. The van der Waals surface area contributed by atoms with Crippen molar-refractivity contribution in [1.82, 2.24) is 5.32 Å². The zero-order chi connectivity index (χ0) is 48.2. The molecule has 0 aliphatic carbocycles. The number of aliphatic hydroxyl groups is 8. The maximum Gasteiger partial charge on any atom is 0.220 e. The Kier molecular flexibility index (Phi) is 36.4. The second-order valence-electron chi connectivity index (χ2n) is 19.4. The first kappa shape index (κ1) is 60.9. The molecule has 2 rings (SSSR count). The molecule has 390 valence electrons. The Hall–Kier alpha value is -1.27. The van der Waals surface area contributed by atoms with Gasteiger partial charge in [-0.3, -0.25) is 4.79 Å². The number of carbonyl (C=O) groups is 1. The van der Waals surface area contributed by atoms with Gasteiger partial charge >= 0.3 is 0 Å². The second-order valence-corrected chi connectivity index (χ2v) is 19.4. The Morgan fingerprint density at radius 3 is 1.39 bits per heavy atom. The molecule has 14 heteroatoms. The van der Waals surface area contributed by atoms with Crippen molar-refractivity contribution in [1.29, 1.82) is 0 Å². The highest BCUT2D eigenvalue weighted by molar-refractivity contribution is 5.76. The number of carbonyl (C=O) groups excluding carboxylic acids is 1. The fraction of sp³-hybridized carbons (Fsp3) is 0.942. The van der Waals surface area contributed by atoms with Crippen molar-refractivity contribution in [2.75, 3.05) is 19.8 Å². The number of amides is 1. The van der Waals surface area contributed by atoms with Crippen LogP contribution in [0.4, 0.5) is 0 Å². The van der Waals surface area contributed by atoms with Gasteiger partial charge in [0, 0.05) is 6.42 Å². The molecule has 0 aromatic carbocycles. The first-order valence-corrected chi connectivity index (χ1v) is 26.9. The molecule has 0 radical (unpaired) electrons. The van der Waals surface area contributed by atoms with Crippen molar-refractivity contribution in [3.63, 3.8) is 0 Å². The predicted molar refractivity (Wildman–Crippen MR) is 259 cm³/mol. The molecule has 0 bridgehead atoms. The normalized spacial score (nSPS) is 26.8. The summed E-state index contributed by atoms with van der Waals surface area (Å²) in [6.45, 7) is 2.72. The van der Waals surface area contributed by atoms with Gasteiger partial charge in [0.1, 0.15) is 48.8 Å². The van der Waals surface area contributed by atoms with Gasteiger partial charge in [-0.05, 0) is 19.3 Å². The molecule has 14 nitrogen and oxygen atoms in total. The molecule has 1 amide bonds. The van der Waals surface area contributed by atoms with Gasteiger partial charge in [0.05, 0.1) is 32.0 Å². The van der Waals surface area contributed by atoms with Crippen LogP contribution in [0.5, 0.6) is 0 Å². The molecule has 2 aliphatic heterocycles. The first-order valence-electron chi connectivity index (χ1n) is 26.9. The molecular formula is C52H99NO13. The number of aliphatic hydroxyl groups excluding tert-OH is 8. The Morgan fingerprint density at radius 2 is 0.939 bits per heavy atom. The smallest absolute Gasteiger partial charge is 0.220 e. The van der Waals surface area contributed by atoms with Crippen LogP contribution in [0.25, 0.3) is 0 Å². The number of hydrogen-bond acceptors (Lipinski definition) is 13. The summed E-state index contributed by atoms with van der Waals surface area (Å²) in [5.74, 6) is -0.247. The van der Waals surface area contributed by atoms with Crippen LogP contribution in [0.3, 0.4) is 0 Å². The van der Waals surface area contributed by atoms with Gasteiger partial charge in [0.2, 0.25) is 5.91 Å². The maximum atomic E-state index is 13.0. The summed E-state index contributed by atoms with van der Waals surface area (Å²) in [5.41, 5.74) is 0. The van der Waals surface area contributed by atoms with E-state index in [2.05, 4.69) is 19.2 Å². The third-order valence-corrected chi connectivity index (χ3v) is 13.5. The molecule has 12 atom stereocenters. The fourth-order valence-corrected chi connectivity index (χ4v) is 9.06. The summed E-state index contributed by atoms with van der Waals surface area (Å²) in [7, 11) is 0. The van der Waals surface area contributed by atoms with Gasteiger partial charge in [-0.1, -0.05) is 206 Å². The number of allylic oxidation sites excluding steroid dienone is 1. The number of nitrogens with one attached hydrogen (secondary N) is 1. The van der Waals surface area contributed by atoms with Crippen LogP contribution in [0.15, 0.2) is 12.2 Å². The van der Waals surface area contributed by atoms with Gasteiger partial charge in [0.15, 0.2) is 12.6 Å². The van der Waals surface area contributed by atoms with E-state index in [1.165, 1.54) is 141 Å². The Balaban J connectivity index is 1.68. The van der Waals surface area contributed by atoms with E-state index in [9.17, 15) is 45.6 Å². The lowest BCUT2D eigenvalue weighted by molar-refractivity contribution is -0.359. The summed E-state index contributed by atoms with van der Waals surface area (Å²) in [5, 5.41) is 86.5. The Bertz CT molecular complexity index is 1160. The van der Waals surface area contributed by atoms with E-state index in [-0.39, 0.29) is 18.9 Å². The van der Waals surface area contributed by atoms with Gasteiger partial charge in [-0.15, -0.1) is 0 Å². The molecular weight excluding hydrogens is 847 g/mol. The van der Waals surface area contributed by atoms with E-state index >= 15 is 0 Å². The third kappa shape index (κ3) is 26.1. The summed E-state index contributed by atoms with van der Waals surface area (Å²) in [6.07, 6.45) is 26.0. The van der Waals surface area contributed by atoms with Crippen LogP contribution in [-0.4, -0.2) is 140 Å². The third-order valence-electron chi connectivity index (χ3n) is 13.5. The summed E-state index contributed by atoms with van der Waals surface area (Å²) in [6, 6.07) is -0.906. The largest absolute Gasteiger partial charge is 0.394 e. The van der Waals surface area contributed by atoms with Gasteiger partial charge in [-0.25, -0.2) is 0 Å². The Morgan fingerprint density at radius 1 is 0.530 bits per heavy atom. The van der Waals surface area contributed by atoms with Crippen LogP contribution < -0.4 is 5.32 Å². The number of ether oxygens (including phenoxy) is 4. The van der Waals surface area contributed by atoms with Crippen LogP contribution in [-0.2, 0) is 23.7 Å². The highest BCUT2D eigenvalue weighted by Crippen LogP contribution is 2.30. The fourth-order valence-electron chi connectivity index (χ4n) is 9.06. The van der Waals surface area contributed by atoms with Crippen LogP contribution in [0.1, 0.15) is 219 Å². The molecule has 12 unspecified atom stereocenters. The molecule has 66 heavy (non-hydrogen) atoms. The molecule has 0 aromatic rings. The van der Waals surface area contributed by atoms with Crippen molar-refractivity contribution >= 4 is 5.91 Å². The Labute approximate surface area is 399 Å². The van der Waals surface area contributed by atoms with Crippen LogP contribution >= 0.6 is 0 Å². The van der Waals surface area contributed by atoms with Crippen molar-refractivity contribution in [2.45, 2.75) is 293 Å². The zero-order valence-electron chi connectivity index (χ0n) is 41.5. The number of unbranched alkanes of at least 4 members (excludes halogenated alkanes) is 29. The monoisotopic (exact) mass is 946 g/mol. The van der Waals surface area contributed by atoms with Crippen molar-refractivity contribution in [3.05, 3.63) is 12.2 Å². The molecule has 2 saturated heterocycles. The van der Waals surface area contributed by atoms with Gasteiger partial charge in [0.25, 0.3) is 0 Å². The predicted octanol–water partition coefficient (Wildman–Crippen LogP) is 7.55. The molecule has 2 aliphatic rings. The molecule has 0 spiro atoms. The quantitative estimate of drug-likeness (QED) is 0.0213. The second kappa shape index (κ2) is 39.5. The van der Waals surface area contributed by atoms with Crippen molar-refractivity contribution in [2.24, 2.45) is 0 Å². The topological polar surface area (TPSA) is 228 Å². The van der Waals surface area contributed by atoms with Crippen molar-refractivity contribution < 1.29 is 64.6 Å². The van der Waals surface area contributed by atoms with Gasteiger partial charge in [-0.2, -0.15) is 0 Å². The van der Waals surface area contributed by atoms with Gasteiger partial charge < -0.3 is 65.1 Å². The van der Waals surface area contributed by atoms with Crippen LogP contribution in [0.2, 0.25) is 0 Å². The number of rotatable bonds is 42. The van der Waals surface area contributed by atoms with E-state index in [0.29, 0.717) is 6.42 Å². The summed E-state index contributed by atoms with van der Waals surface area (Å²) < 4.78 is 22.6. The minimum atomic E-state index is -1.78. The SMILES string of the molecule is CCCCCCCCCCCCCCCCCCCCCCCCCC/C=C/C(O)C(COC1OC(CO)C(OC2OC(CO)C(O)C(O)C2O)C(O)C1O)NC(=O)CCCCCCCC. The van der Waals surface area contributed by atoms with E-state index in [1.54, 1.807) is 6.08 Å². The summed E-state index contributed by atoms with van der Waals surface area (Å²) in [4.78, 5) is 13.0. The average molecular weight is 946 g/mol. The lowest BCUT2D eigenvalue weighted by Gasteiger charge is -2.46. The van der Waals surface area contributed by atoms with E-state index in [1.807, 2.05) is 6.08 Å². The zero-order valence-corrected chi connectivity index (χ0v) is 41.5. The standard InChI is InChI=1S/C52H99NO13/c1-3-5-7-9-11-12-13-14-15-16-17-18-19-20-21-22-23-24-25-26-27-28-29-30-31-33-35-41(56)40(53-44(57)36-34-32-10-8-6-4-2)39-63-51-49(62)47(60)50(43(38-55)65-51)66-52-48(61)46(59)45(58)42(37-54)64-52/h33,35,40-43,45-52,54-56,58-62H,3-32,34,36-39H2,1-2H3,(H,53,57)/b35-33+.